The normalized spacial score (nSPS) is 11.6. The third-order valence-corrected chi connectivity index (χ3v) is 6.27. The smallest absolute Gasteiger partial charge is 0.243 e. The Hall–Kier alpha value is -3.12. The highest BCUT2D eigenvalue weighted by Crippen LogP contribution is 2.21. The van der Waals surface area contributed by atoms with Crippen LogP contribution < -0.4 is 5.32 Å². The molecule has 0 aromatic heterocycles. The molecule has 0 aliphatic rings. The molecule has 0 aliphatic heterocycles. The average Bonchev–Trinajstić information content (AvgIpc) is 2.82. The van der Waals surface area contributed by atoms with Crippen LogP contribution in [-0.2, 0) is 22.6 Å². The fraction of sp³-hybridized carbons (Fsp3) is 0.259. The van der Waals surface area contributed by atoms with Crippen molar-refractivity contribution in [2.45, 2.75) is 37.8 Å². The summed E-state index contributed by atoms with van der Waals surface area (Å²) in [6.45, 7) is 4.57. The number of likely N-dealkylation sites (N-methyl/N-ethyl adjacent to an activating group) is 1. The lowest BCUT2D eigenvalue weighted by Crippen LogP contribution is -2.51. The summed E-state index contributed by atoms with van der Waals surface area (Å²) in [6, 6.07) is 23.0. The van der Waals surface area contributed by atoms with Crippen molar-refractivity contribution in [2.24, 2.45) is 0 Å². The van der Waals surface area contributed by atoms with Crippen LogP contribution in [0.1, 0.15) is 23.6 Å². The fourth-order valence-corrected chi connectivity index (χ4v) is 4.28. The molecule has 3 aromatic carbocycles. The third-order valence-electron chi connectivity index (χ3n) is 5.27. The number of halogens is 1. The fourth-order valence-electron chi connectivity index (χ4n) is 3.49. The minimum atomic E-state index is -0.677. The van der Waals surface area contributed by atoms with Crippen LogP contribution in [0.15, 0.2) is 83.8 Å². The molecule has 1 unspecified atom stereocenters. The van der Waals surface area contributed by atoms with E-state index in [2.05, 4.69) is 5.32 Å². The second-order valence-electron chi connectivity index (χ2n) is 7.85. The summed E-state index contributed by atoms with van der Waals surface area (Å²) in [7, 11) is 0. The Morgan fingerprint density at radius 3 is 2.24 bits per heavy atom. The van der Waals surface area contributed by atoms with E-state index in [1.165, 1.54) is 23.9 Å². The summed E-state index contributed by atoms with van der Waals surface area (Å²) < 4.78 is 13.4. The van der Waals surface area contributed by atoms with E-state index in [1.54, 1.807) is 17.0 Å². The molecule has 0 radical (unpaired) electrons. The van der Waals surface area contributed by atoms with Gasteiger partial charge in [-0.2, -0.15) is 0 Å². The van der Waals surface area contributed by atoms with Gasteiger partial charge >= 0.3 is 0 Å². The SMILES string of the molecule is CCNC(=O)C(Cc1ccccc1)N(Cc1ccc(F)cc1)C(=O)CSc1ccc(C)cc1. The Bertz CT molecular complexity index is 1040. The summed E-state index contributed by atoms with van der Waals surface area (Å²) in [5.74, 6) is -0.472. The number of hydrogen-bond acceptors (Lipinski definition) is 3. The van der Waals surface area contributed by atoms with Gasteiger partial charge in [0, 0.05) is 24.4 Å². The molecule has 172 valence electrons. The minimum absolute atomic E-state index is 0.142. The van der Waals surface area contributed by atoms with Gasteiger partial charge in [-0.3, -0.25) is 9.59 Å². The van der Waals surface area contributed by atoms with E-state index in [0.29, 0.717) is 13.0 Å². The zero-order valence-corrected chi connectivity index (χ0v) is 19.8. The number of benzene rings is 3. The molecule has 1 atom stereocenters. The number of hydrogen-bond donors (Lipinski definition) is 1. The third kappa shape index (κ3) is 7.46. The van der Waals surface area contributed by atoms with Crippen molar-refractivity contribution in [3.8, 4) is 0 Å². The maximum absolute atomic E-state index is 13.4. The summed E-state index contributed by atoms with van der Waals surface area (Å²) in [5.41, 5.74) is 2.90. The van der Waals surface area contributed by atoms with Crippen molar-refractivity contribution in [2.75, 3.05) is 12.3 Å². The summed E-state index contributed by atoms with van der Waals surface area (Å²) in [5, 5.41) is 2.88. The van der Waals surface area contributed by atoms with E-state index in [9.17, 15) is 14.0 Å². The predicted octanol–water partition coefficient (Wildman–Crippen LogP) is 5.00. The van der Waals surface area contributed by atoms with E-state index >= 15 is 0 Å². The molecule has 0 aliphatic carbocycles. The second-order valence-corrected chi connectivity index (χ2v) is 8.90. The molecule has 0 saturated heterocycles. The Labute approximate surface area is 199 Å². The molecule has 0 fully saturated rings. The number of nitrogens with one attached hydrogen (secondary N) is 1. The summed E-state index contributed by atoms with van der Waals surface area (Å²) >= 11 is 1.44. The molecule has 2 amide bonds. The van der Waals surface area contributed by atoms with Gasteiger partial charge in [0.15, 0.2) is 0 Å². The highest BCUT2D eigenvalue weighted by Gasteiger charge is 2.30. The first kappa shape index (κ1) is 24.5. The molecule has 0 bridgehead atoms. The Kier molecular flexibility index (Phi) is 9.07. The monoisotopic (exact) mass is 464 g/mol. The highest BCUT2D eigenvalue weighted by molar-refractivity contribution is 8.00. The zero-order valence-electron chi connectivity index (χ0n) is 19.0. The molecule has 0 spiro atoms. The number of nitrogens with zero attached hydrogens (tertiary/aromatic N) is 1. The highest BCUT2D eigenvalue weighted by atomic mass is 32.2. The van der Waals surface area contributed by atoms with Gasteiger partial charge in [-0.15, -0.1) is 11.8 Å². The van der Waals surface area contributed by atoms with Crippen LogP contribution in [0.4, 0.5) is 4.39 Å². The predicted molar refractivity (Wildman–Crippen MR) is 131 cm³/mol. The van der Waals surface area contributed by atoms with Crippen molar-refractivity contribution in [3.63, 3.8) is 0 Å². The molecule has 3 rings (SSSR count). The van der Waals surface area contributed by atoms with Gasteiger partial charge in [0.05, 0.1) is 5.75 Å². The van der Waals surface area contributed by atoms with E-state index in [4.69, 9.17) is 0 Å². The number of carbonyl (C=O) groups is 2. The molecule has 4 nitrogen and oxygen atoms in total. The molecular formula is C27H29FN2O2S. The van der Waals surface area contributed by atoms with Crippen LogP contribution in [0.3, 0.4) is 0 Å². The van der Waals surface area contributed by atoms with Gasteiger partial charge in [0.25, 0.3) is 0 Å². The molecule has 0 saturated carbocycles. The van der Waals surface area contributed by atoms with Crippen LogP contribution in [0.2, 0.25) is 0 Å². The van der Waals surface area contributed by atoms with Gasteiger partial charge in [-0.1, -0.05) is 60.2 Å². The maximum atomic E-state index is 13.4. The summed E-state index contributed by atoms with van der Waals surface area (Å²) in [6.07, 6.45) is 0.398. The van der Waals surface area contributed by atoms with Crippen molar-refractivity contribution >= 4 is 23.6 Å². The number of amides is 2. The van der Waals surface area contributed by atoms with Crippen molar-refractivity contribution in [1.29, 1.82) is 0 Å². The second kappa shape index (κ2) is 12.2. The topological polar surface area (TPSA) is 49.4 Å². The van der Waals surface area contributed by atoms with Crippen molar-refractivity contribution < 1.29 is 14.0 Å². The standard InChI is InChI=1S/C27H29FN2O2S/c1-3-29-27(32)25(17-21-7-5-4-6-8-21)30(18-22-11-13-23(28)14-12-22)26(31)19-33-24-15-9-20(2)10-16-24/h4-16,25H,3,17-19H2,1-2H3,(H,29,32). The molecular weight excluding hydrogens is 435 g/mol. The van der Waals surface area contributed by atoms with Crippen LogP contribution in [0, 0.1) is 12.7 Å². The first-order valence-electron chi connectivity index (χ1n) is 11.0. The molecule has 1 N–H and O–H groups in total. The Balaban J connectivity index is 1.87. The lowest BCUT2D eigenvalue weighted by atomic mass is 10.0. The zero-order chi connectivity index (χ0) is 23.6. The van der Waals surface area contributed by atoms with Crippen LogP contribution in [0.25, 0.3) is 0 Å². The molecule has 33 heavy (non-hydrogen) atoms. The number of thioether (sulfide) groups is 1. The lowest BCUT2D eigenvalue weighted by Gasteiger charge is -2.31. The van der Waals surface area contributed by atoms with E-state index < -0.39 is 6.04 Å². The van der Waals surface area contributed by atoms with E-state index in [0.717, 1.165) is 21.6 Å². The van der Waals surface area contributed by atoms with Gasteiger partial charge < -0.3 is 10.2 Å². The largest absolute Gasteiger partial charge is 0.355 e. The minimum Gasteiger partial charge on any atom is -0.355 e. The Morgan fingerprint density at radius 2 is 1.61 bits per heavy atom. The Morgan fingerprint density at radius 1 is 0.939 bits per heavy atom. The number of aryl methyl sites for hydroxylation is 1. The van der Waals surface area contributed by atoms with Gasteiger partial charge in [-0.25, -0.2) is 4.39 Å². The van der Waals surface area contributed by atoms with E-state index in [1.807, 2.05) is 68.4 Å². The van der Waals surface area contributed by atoms with Crippen molar-refractivity contribution in [3.05, 3.63) is 101 Å². The van der Waals surface area contributed by atoms with Gasteiger partial charge in [0.2, 0.25) is 11.8 Å². The maximum Gasteiger partial charge on any atom is 0.243 e. The lowest BCUT2D eigenvalue weighted by molar-refractivity contribution is -0.139. The number of carbonyl (C=O) groups excluding carboxylic acids is 2. The van der Waals surface area contributed by atoms with Gasteiger partial charge in [-0.05, 0) is 49.2 Å². The van der Waals surface area contributed by atoms with Crippen LogP contribution in [0.5, 0.6) is 0 Å². The molecule has 6 heteroatoms. The molecule has 3 aromatic rings. The van der Waals surface area contributed by atoms with Gasteiger partial charge in [0.1, 0.15) is 11.9 Å². The molecule has 0 heterocycles. The average molecular weight is 465 g/mol. The van der Waals surface area contributed by atoms with Crippen molar-refractivity contribution in [1.82, 2.24) is 10.2 Å². The quantitative estimate of drug-likeness (QED) is 0.430. The van der Waals surface area contributed by atoms with Crippen LogP contribution in [-0.4, -0.2) is 35.1 Å². The first-order valence-corrected chi connectivity index (χ1v) is 12.0. The summed E-state index contributed by atoms with van der Waals surface area (Å²) in [4.78, 5) is 29.1. The van der Waals surface area contributed by atoms with Crippen LogP contribution >= 0.6 is 11.8 Å². The first-order chi connectivity index (χ1) is 16.0. The number of rotatable bonds is 10. The van der Waals surface area contributed by atoms with E-state index in [-0.39, 0.29) is 29.9 Å².